The average molecular weight is 376 g/mol. The van der Waals surface area contributed by atoms with Crippen LogP contribution in [-0.4, -0.2) is 81.8 Å². The fourth-order valence-corrected chi connectivity index (χ4v) is 3.51. The van der Waals surface area contributed by atoms with E-state index in [9.17, 15) is 14.4 Å². The van der Waals surface area contributed by atoms with Gasteiger partial charge in [-0.1, -0.05) is 0 Å². The van der Waals surface area contributed by atoms with Crippen LogP contribution in [0.3, 0.4) is 0 Å². The average Bonchev–Trinajstić information content (AvgIpc) is 3.12. The van der Waals surface area contributed by atoms with Crippen LogP contribution in [0.15, 0.2) is 12.4 Å². The van der Waals surface area contributed by atoms with Crippen molar-refractivity contribution in [3.8, 4) is 0 Å². The molecule has 1 saturated carbocycles. The van der Waals surface area contributed by atoms with Gasteiger partial charge < -0.3 is 20.5 Å². The van der Waals surface area contributed by atoms with E-state index in [1.165, 1.54) is 6.20 Å². The first-order chi connectivity index (χ1) is 13.0. The van der Waals surface area contributed by atoms with E-state index < -0.39 is 6.04 Å². The summed E-state index contributed by atoms with van der Waals surface area (Å²) in [5.41, 5.74) is 0. The third-order valence-corrected chi connectivity index (χ3v) is 5.10. The molecule has 2 aliphatic rings. The van der Waals surface area contributed by atoms with Crippen molar-refractivity contribution in [1.29, 1.82) is 0 Å². The number of amides is 3. The number of nitrogens with zero attached hydrogens (tertiary/aromatic N) is 3. The van der Waals surface area contributed by atoms with E-state index in [1.807, 2.05) is 18.7 Å². The van der Waals surface area contributed by atoms with E-state index in [1.54, 1.807) is 11.1 Å². The van der Waals surface area contributed by atoms with Gasteiger partial charge in [0, 0.05) is 44.1 Å². The monoisotopic (exact) mass is 376 g/mol. The molecule has 27 heavy (non-hydrogen) atoms. The molecular weight excluding hydrogens is 348 g/mol. The summed E-state index contributed by atoms with van der Waals surface area (Å²) in [5, 5.41) is 5.89. The van der Waals surface area contributed by atoms with Gasteiger partial charge >= 0.3 is 0 Å². The van der Waals surface area contributed by atoms with Gasteiger partial charge in [0.1, 0.15) is 0 Å². The maximum absolute atomic E-state index is 12.9. The molecule has 9 heteroatoms. The molecule has 3 N–H and O–H groups in total. The Morgan fingerprint density at radius 2 is 1.96 bits per heavy atom. The van der Waals surface area contributed by atoms with Crippen LogP contribution in [0, 0.1) is 0 Å². The Balaban J connectivity index is 1.66. The molecule has 2 fully saturated rings. The first kappa shape index (κ1) is 19.3. The molecule has 0 unspecified atom stereocenters. The standard InChI is InChI=1S/C18H28N6O3/c1-3-23(4-2)18(27)14-9-13(22-17(26)16-19-7-8-20-16)10-24(14)11-15(25)21-12-5-6-12/h7-8,12-14H,3-6,9-11H2,1-2H3,(H,19,20)(H,21,25)(H,22,26)/t13-,14+/m1/s1. The predicted octanol–water partition coefficient (Wildman–Crippen LogP) is -0.271. The lowest BCUT2D eigenvalue weighted by Crippen LogP contribution is -2.48. The number of likely N-dealkylation sites (tertiary alicyclic amines) is 1. The minimum absolute atomic E-state index is 0.00831. The summed E-state index contributed by atoms with van der Waals surface area (Å²) in [6.07, 6.45) is 5.64. The first-order valence-corrected chi connectivity index (χ1v) is 9.64. The number of aromatic nitrogens is 2. The normalized spacial score (nSPS) is 22.4. The van der Waals surface area contributed by atoms with Gasteiger partial charge in [0.05, 0.1) is 12.6 Å². The fraction of sp³-hybridized carbons (Fsp3) is 0.667. The molecule has 1 aliphatic carbocycles. The lowest BCUT2D eigenvalue weighted by molar-refractivity contribution is -0.136. The maximum atomic E-state index is 12.9. The summed E-state index contributed by atoms with van der Waals surface area (Å²) in [6, 6.07) is -0.330. The van der Waals surface area contributed by atoms with Crippen molar-refractivity contribution in [3.05, 3.63) is 18.2 Å². The first-order valence-electron chi connectivity index (χ1n) is 9.64. The lowest BCUT2D eigenvalue weighted by atomic mass is 10.1. The molecule has 2 atom stereocenters. The van der Waals surface area contributed by atoms with E-state index in [-0.39, 0.29) is 42.2 Å². The molecule has 1 aliphatic heterocycles. The van der Waals surface area contributed by atoms with E-state index in [0.29, 0.717) is 26.1 Å². The quantitative estimate of drug-likeness (QED) is 0.578. The Hall–Kier alpha value is -2.42. The van der Waals surface area contributed by atoms with Crippen molar-refractivity contribution in [2.75, 3.05) is 26.2 Å². The Morgan fingerprint density at radius 1 is 1.22 bits per heavy atom. The van der Waals surface area contributed by atoms with E-state index >= 15 is 0 Å². The molecule has 0 bridgehead atoms. The van der Waals surface area contributed by atoms with E-state index in [4.69, 9.17) is 0 Å². The van der Waals surface area contributed by atoms with Crippen LogP contribution in [-0.2, 0) is 9.59 Å². The number of hydrogen-bond donors (Lipinski definition) is 3. The molecular formula is C18H28N6O3. The molecule has 0 spiro atoms. The van der Waals surface area contributed by atoms with Crippen LogP contribution >= 0.6 is 0 Å². The second-order valence-corrected chi connectivity index (χ2v) is 7.14. The molecule has 3 amide bonds. The summed E-state index contributed by atoms with van der Waals surface area (Å²) >= 11 is 0. The van der Waals surface area contributed by atoms with Crippen molar-refractivity contribution < 1.29 is 14.4 Å². The molecule has 148 valence electrons. The number of imidazole rings is 1. The van der Waals surface area contributed by atoms with Crippen LogP contribution in [0.1, 0.15) is 43.7 Å². The number of aromatic amines is 1. The van der Waals surface area contributed by atoms with Crippen molar-refractivity contribution in [3.63, 3.8) is 0 Å². The molecule has 1 aromatic rings. The van der Waals surface area contributed by atoms with E-state index in [0.717, 1.165) is 12.8 Å². The number of likely N-dealkylation sites (N-methyl/N-ethyl adjacent to an activating group) is 1. The fourth-order valence-electron chi connectivity index (χ4n) is 3.51. The number of rotatable bonds is 8. The molecule has 1 saturated heterocycles. The summed E-state index contributed by atoms with van der Waals surface area (Å²) < 4.78 is 0. The minimum atomic E-state index is -0.406. The van der Waals surface area contributed by atoms with Gasteiger partial charge in [0.15, 0.2) is 5.82 Å². The highest BCUT2D eigenvalue weighted by Crippen LogP contribution is 2.22. The Kier molecular flexibility index (Phi) is 6.10. The number of hydrogen-bond acceptors (Lipinski definition) is 5. The van der Waals surface area contributed by atoms with Crippen LogP contribution in [0.25, 0.3) is 0 Å². The maximum Gasteiger partial charge on any atom is 0.287 e. The van der Waals surface area contributed by atoms with Crippen LogP contribution in [0.5, 0.6) is 0 Å². The minimum Gasteiger partial charge on any atom is -0.352 e. The van der Waals surface area contributed by atoms with Crippen molar-refractivity contribution in [1.82, 2.24) is 30.4 Å². The van der Waals surface area contributed by atoms with Crippen LogP contribution in [0.4, 0.5) is 0 Å². The largest absolute Gasteiger partial charge is 0.352 e. The molecule has 0 radical (unpaired) electrons. The second-order valence-electron chi connectivity index (χ2n) is 7.14. The molecule has 0 aromatic carbocycles. The summed E-state index contributed by atoms with van der Waals surface area (Å²) in [5.74, 6) is -0.114. The number of nitrogens with one attached hydrogen (secondary N) is 3. The molecule has 3 rings (SSSR count). The second kappa shape index (κ2) is 8.51. The summed E-state index contributed by atoms with van der Waals surface area (Å²) in [6.45, 7) is 5.76. The summed E-state index contributed by atoms with van der Waals surface area (Å²) in [7, 11) is 0. The SMILES string of the molecule is CCN(CC)C(=O)[C@@H]1C[C@@H](NC(=O)c2ncc[nH]2)CN1CC(=O)NC1CC1. The van der Waals surface area contributed by atoms with Crippen molar-refractivity contribution in [2.45, 2.75) is 51.2 Å². The molecule has 1 aromatic heterocycles. The van der Waals surface area contributed by atoms with Gasteiger partial charge in [-0.15, -0.1) is 0 Å². The Bertz CT molecular complexity index is 669. The summed E-state index contributed by atoms with van der Waals surface area (Å²) in [4.78, 5) is 47.8. The predicted molar refractivity (Wildman–Crippen MR) is 98.9 cm³/mol. The zero-order chi connectivity index (χ0) is 19.4. The topological polar surface area (TPSA) is 110 Å². The van der Waals surface area contributed by atoms with Crippen LogP contribution in [0.2, 0.25) is 0 Å². The zero-order valence-electron chi connectivity index (χ0n) is 15.9. The Morgan fingerprint density at radius 3 is 2.56 bits per heavy atom. The van der Waals surface area contributed by atoms with Gasteiger partial charge in [0.2, 0.25) is 11.8 Å². The highest BCUT2D eigenvalue weighted by atomic mass is 16.2. The third kappa shape index (κ3) is 4.85. The highest BCUT2D eigenvalue weighted by Gasteiger charge is 2.40. The van der Waals surface area contributed by atoms with Gasteiger partial charge in [-0.2, -0.15) is 0 Å². The highest BCUT2D eigenvalue weighted by molar-refractivity contribution is 5.91. The van der Waals surface area contributed by atoms with Crippen LogP contribution < -0.4 is 10.6 Å². The van der Waals surface area contributed by atoms with Gasteiger partial charge in [-0.25, -0.2) is 4.98 Å². The van der Waals surface area contributed by atoms with E-state index in [2.05, 4.69) is 20.6 Å². The zero-order valence-corrected chi connectivity index (χ0v) is 15.9. The van der Waals surface area contributed by atoms with Gasteiger partial charge in [-0.3, -0.25) is 19.3 Å². The van der Waals surface area contributed by atoms with Crippen molar-refractivity contribution >= 4 is 17.7 Å². The van der Waals surface area contributed by atoms with Crippen molar-refractivity contribution in [2.24, 2.45) is 0 Å². The Labute approximate surface area is 158 Å². The van der Waals surface area contributed by atoms with Gasteiger partial charge in [0.25, 0.3) is 5.91 Å². The molecule has 2 heterocycles. The number of carbonyl (C=O) groups is 3. The smallest absolute Gasteiger partial charge is 0.287 e. The van der Waals surface area contributed by atoms with Gasteiger partial charge in [-0.05, 0) is 33.1 Å². The molecule has 9 nitrogen and oxygen atoms in total. The number of H-pyrrole nitrogens is 1. The number of carbonyl (C=O) groups excluding carboxylic acids is 3. The lowest BCUT2D eigenvalue weighted by Gasteiger charge is -2.28. The third-order valence-electron chi connectivity index (χ3n) is 5.10.